The quantitative estimate of drug-likeness (QED) is 0.210. The topological polar surface area (TPSA) is 127 Å². The number of nitro groups is 1. The summed E-state index contributed by atoms with van der Waals surface area (Å²) in [6, 6.07) is 0.937. The molecule has 1 heterocycles. The first-order chi connectivity index (χ1) is 13.2. The molecule has 11 nitrogen and oxygen atoms in total. The maximum absolute atomic E-state index is 11.5. The Bertz CT molecular complexity index is 619. The van der Waals surface area contributed by atoms with Crippen LogP contribution in [0.25, 0.3) is 0 Å². The van der Waals surface area contributed by atoms with E-state index >= 15 is 0 Å². The molecule has 0 saturated heterocycles. The number of hydrogen-bond acceptors (Lipinski definition) is 8. The molecule has 12 heteroatoms. The number of methoxy groups -OCH3 is 1. The third-order valence-electron chi connectivity index (χ3n) is 3.54. The minimum atomic E-state index is -1.20. The van der Waals surface area contributed by atoms with Gasteiger partial charge in [0.2, 0.25) is 0 Å². The van der Waals surface area contributed by atoms with E-state index in [-0.39, 0.29) is 11.6 Å². The first-order valence-electron chi connectivity index (χ1n) is 9.05. The lowest BCUT2D eigenvalue weighted by molar-refractivity contribution is -0.385. The Balaban J connectivity index is 2.01. The second kappa shape index (κ2) is 12.3. The molecule has 0 bridgehead atoms. The number of nitrogens with one attached hydrogen (secondary N) is 1. The molecule has 0 radical (unpaired) electrons. The summed E-state index contributed by atoms with van der Waals surface area (Å²) in [4.78, 5) is 21.7. The zero-order valence-corrected chi connectivity index (χ0v) is 17.9. The lowest BCUT2D eigenvalue weighted by Gasteiger charge is -2.15. The van der Waals surface area contributed by atoms with E-state index in [1.807, 2.05) is 0 Å². The summed E-state index contributed by atoms with van der Waals surface area (Å²) in [5.74, 6) is -0.0279. The van der Waals surface area contributed by atoms with E-state index in [0.29, 0.717) is 46.1 Å². The van der Waals surface area contributed by atoms with Crippen molar-refractivity contribution in [1.82, 2.24) is 15.1 Å². The maximum Gasteiger partial charge on any atom is 0.407 e. The molecule has 0 aromatic carbocycles. The van der Waals surface area contributed by atoms with Crippen LogP contribution in [-0.4, -0.2) is 75.6 Å². The zero-order chi connectivity index (χ0) is 21.0. The summed E-state index contributed by atoms with van der Waals surface area (Å²) in [7, 11) is 0.129. The summed E-state index contributed by atoms with van der Waals surface area (Å²) in [6.07, 6.45) is 0.870. The summed E-state index contributed by atoms with van der Waals surface area (Å²) < 4.78 is 22.1. The molecule has 1 amide bonds. The molecule has 0 aliphatic heterocycles. The minimum Gasteiger partial charge on any atom is -0.475 e. The molecule has 28 heavy (non-hydrogen) atoms. The average Bonchev–Trinajstić information content (AvgIpc) is 3.02. The van der Waals surface area contributed by atoms with E-state index in [2.05, 4.69) is 30.1 Å². The highest BCUT2D eigenvalue weighted by atomic mass is 28.3. The number of alkyl carbamates (subject to hydrolysis) is 1. The molecular weight excluding hydrogens is 388 g/mol. The van der Waals surface area contributed by atoms with Crippen molar-refractivity contribution in [3.8, 4) is 5.88 Å². The van der Waals surface area contributed by atoms with Crippen molar-refractivity contribution in [3.05, 3.63) is 16.3 Å². The molecule has 0 unspecified atom stereocenters. The molecule has 0 fully saturated rings. The number of carbonyl (C=O) groups is 1. The highest BCUT2D eigenvalue weighted by Gasteiger charge is 2.19. The maximum atomic E-state index is 11.5. The monoisotopic (exact) mass is 418 g/mol. The number of aromatic nitrogens is 2. The number of hydrogen-bond donors (Lipinski definition) is 1. The van der Waals surface area contributed by atoms with Gasteiger partial charge in [-0.2, -0.15) is 0 Å². The molecule has 1 N–H and O–H groups in total. The van der Waals surface area contributed by atoms with Gasteiger partial charge in [-0.1, -0.05) is 19.6 Å². The second-order valence-electron chi connectivity index (χ2n) is 7.14. The van der Waals surface area contributed by atoms with Crippen molar-refractivity contribution < 1.29 is 28.7 Å². The van der Waals surface area contributed by atoms with Crippen LogP contribution in [-0.2, 0) is 20.8 Å². The molecule has 0 saturated carbocycles. The molecule has 0 atom stereocenters. The van der Waals surface area contributed by atoms with Crippen LogP contribution in [0.4, 0.5) is 10.5 Å². The van der Waals surface area contributed by atoms with Crippen LogP contribution >= 0.6 is 0 Å². The van der Waals surface area contributed by atoms with Gasteiger partial charge in [-0.05, 0) is 6.04 Å². The highest BCUT2D eigenvalue weighted by molar-refractivity contribution is 6.76. The summed E-state index contributed by atoms with van der Waals surface area (Å²) in [5, 5.41) is 17.4. The molecule has 0 aliphatic carbocycles. The lowest BCUT2D eigenvalue weighted by Crippen LogP contribution is -2.30. The van der Waals surface area contributed by atoms with Gasteiger partial charge in [0.05, 0.1) is 51.6 Å². The van der Waals surface area contributed by atoms with Crippen LogP contribution < -0.4 is 10.1 Å². The van der Waals surface area contributed by atoms with Gasteiger partial charge in [0.1, 0.15) is 6.20 Å². The molecule has 1 rings (SSSR count). The summed E-state index contributed by atoms with van der Waals surface area (Å²) in [5.41, 5.74) is -0.183. The van der Waals surface area contributed by atoms with Crippen molar-refractivity contribution >= 4 is 19.9 Å². The Morgan fingerprint density at radius 2 is 1.89 bits per heavy atom. The van der Waals surface area contributed by atoms with Crippen LogP contribution in [0.1, 0.15) is 0 Å². The normalized spacial score (nSPS) is 11.3. The van der Waals surface area contributed by atoms with Gasteiger partial charge >= 0.3 is 17.7 Å². The van der Waals surface area contributed by atoms with Gasteiger partial charge in [-0.15, -0.1) is 5.10 Å². The number of amides is 1. The molecular formula is C16H30N4O7Si. The van der Waals surface area contributed by atoms with Gasteiger partial charge in [0.25, 0.3) is 0 Å². The van der Waals surface area contributed by atoms with E-state index in [0.717, 1.165) is 6.04 Å². The predicted molar refractivity (Wildman–Crippen MR) is 105 cm³/mol. The standard InChI is InChI=1S/C16H30N4O7Si/c1-24-15-14(20(22)23)13-19(18-15)6-8-26-10-9-25-7-5-17-16(21)27-11-12-28(2,3)4/h13H,5-12H2,1-4H3,(H,17,21). The Hall–Kier alpha value is -2.18. The largest absolute Gasteiger partial charge is 0.475 e. The fraction of sp³-hybridized carbons (Fsp3) is 0.750. The molecule has 160 valence electrons. The summed E-state index contributed by atoms with van der Waals surface area (Å²) >= 11 is 0. The number of nitrogens with zero attached hydrogens (tertiary/aromatic N) is 3. The minimum absolute atomic E-state index is 0.0279. The average molecular weight is 419 g/mol. The summed E-state index contributed by atoms with van der Waals surface area (Å²) in [6.45, 7) is 9.25. The van der Waals surface area contributed by atoms with Gasteiger partial charge in [0.15, 0.2) is 0 Å². The highest BCUT2D eigenvalue weighted by Crippen LogP contribution is 2.23. The number of carbonyl (C=O) groups excluding carboxylic acids is 1. The Kier molecular flexibility index (Phi) is 10.5. The van der Waals surface area contributed by atoms with Crippen LogP contribution in [0.2, 0.25) is 25.7 Å². The van der Waals surface area contributed by atoms with Crippen LogP contribution in [0.3, 0.4) is 0 Å². The number of rotatable bonds is 14. The van der Waals surface area contributed by atoms with Crippen molar-refractivity contribution in [2.75, 3.05) is 46.7 Å². The molecule has 1 aromatic heterocycles. The van der Waals surface area contributed by atoms with Crippen molar-refractivity contribution in [2.24, 2.45) is 0 Å². The van der Waals surface area contributed by atoms with Gasteiger partial charge < -0.3 is 24.3 Å². The Morgan fingerprint density at radius 3 is 2.46 bits per heavy atom. The van der Waals surface area contributed by atoms with E-state index in [9.17, 15) is 14.9 Å². The Morgan fingerprint density at radius 1 is 1.21 bits per heavy atom. The van der Waals surface area contributed by atoms with Crippen molar-refractivity contribution in [1.29, 1.82) is 0 Å². The Labute approximate surface area is 165 Å². The molecule has 0 aliphatic rings. The second-order valence-corrected chi connectivity index (χ2v) is 12.8. The first-order valence-corrected chi connectivity index (χ1v) is 12.8. The molecule has 1 aromatic rings. The third kappa shape index (κ3) is 10.2. The van der Waals surface area contributed by atoms with Crippen LogP contribution in [0.5, 0.6) is 5.88 Å². The number of ether oxygens (including phenoxy) is 4. The predicted octanol–water partition coefficient (Wildman–Crippen LogP) is 1.90. The van der Waals surface area contributed by atoms with Gasteiger partial charge in [-0.25, -0.2) is 4.79 Å². The van der Waals surface area contributed by atoms with E-state index < -0.39 is 19.1 Å². The van der Waals surface area contributed by atoms with Gasteiger partial charge in [-0.3, -0.25) is 14.8 Å². The van der Waals surface area contributed by atoms with Crippen LogP contribution in [0, 0.1) is 10.1 Å². The fourth-order valence-electron chi connectivity index (χ4n) is 1.98. The lowest BCUT2D eigenvalue weighted by atomic mass is 10.5. The SMILES string of the molecule is COc1nn(CCOCCOCCNC(=O)OCC[Si](C)(C)C)cc1[N+](=O)[O-]. The smallest absolute Gasteiger partial charge is 0.407 e. The van der Waals surface area contributed by atoms with E-state index in [4.69, 9.17) is 18.9 Å². The van der Waals surface area contributed by atoms with Gasteiger partial charge in [0, 0.05) is 14.6 Å². The van der Waals surface area contributed by atoms with E-state index in [1.54, 1.807) is 0 Å². The third-order valence-corrected chi connectivity index (χ3v) is 5.24. The van der Waals surface area contributed by atoms with Crippen molar-refractivity contribution in [3.63, 3.8) is 0 Å². The zero-order valence-electron chi connectivity index (χ0n) is 16.9. The van der Waals surface area contributed by atoms with E-state index in [1.165, 1.54) is 18.0 Å². The van der Waals surface area contributed by atoms with Crippen molar-refractivity contribution in [2.45, 2.75) is 32.2 Å². The first kappa shape index (κ1) is 23.9. The van der Waals surface area contributed by atoms with Crippen LogP contribution in [0.15, 0.2) is 6.20 Å². The fourth-order valence-corrected chi connectivity index (χ4v) is 2.70. The molecule has 0 spiro atoms.